The highest BCUT2D eigenvalue weighted by atomic mass is 79.9. The molecule has 0 radical (unpaired) electrons. The topological polar surface area (TPSA) is 93.1 Å². The van der Waals surface area contributed by atoms with Gasteiger partial charge < -0.3 is 10.6 Å². The third kappa shape index (κ3) is 4.83. The first-order valence-corrected chi connectivity index (χ1v) is 9.51. The van der Waals surface area contributed by atoms with Crippen molar-refractivity contribution in [3.05, 3.63) is 69.2 Å². The average Bonchev–Trinajstić information content (AvgIpc) is 2.67. The number of halogens is 1. The maximum atomic E-state index is 12.6. The third-order valence-electron chi connectivity index (χ3n) is 4.16. The van der Waals surface area contributed by atoms with Gasteiger partial charge in [0.1, 0.15) is 12.4 Å². The molecule has 0 bridgehead atoms. The molecule has 8 heteroatoms. The number of aromatic nitrogens is 2. The summed E-state index contributed by atoms with van der Waals surface area (Å²) in [5, 5.41) is 5.89. The molecule has 144 valence electrons. The molecule has 0 atom stereocenters. The molecule has 1 aromatic heterocycles. The van der Waals surface area contributed by atoms with Crippen molar-refractivity contribution >= 4 is 44.3 Å². The van der Waals surface area contributed by atoms with Crippen LogP contribution >= 0.6 is 15.9 Å². The number of rotatable bonds is 6. The predicted molar refractivity (Wildman–Crippen MR) is 111 cm³/mol. The Bertz CT molecular complexity index is 1080. The number of hydrogen-bond donors (Lipinski definition) is 2. The highest BCUT2D eigenvalue weighted by molar-refractivity contribution is 9.10. The van der Waals surface area contributed by atoms with Gasteiger partial charge in [0.2, 0.25) is 11.8 Å². The van der Waals surface area contributed by atoms with E-state index in [1.54, 1.807) is 37.3 Å². The molecule has 0 saturated carbocycles. The van der Waals surface area contributed by atoms with Crippen LogP contribution in [0.25, 0.3) is 10.9 Å². The fraction of sp³-hybridized carbons (Fsp3) is 0.200. The van der Waals surface area contributed by atoms with Crippen LogP contribution in [0, 0.1) is 6.92 Å². The van der Waals surface area contributed by atoms with Crippen LogP contribution in [0.3, 0.4) is 0 Å². The molecule has 0 fully saturated rings. The first-order valence-electron chi connectivity index (χ1n) is 8.72. The number of carbonyl (C=O) groups excluding carboxylic acids is 2. The predicted octanol–water partition coefficient (Wildman–Crippen LogP) is 2.61. The monoisotopic (exact) mass is 442 g/mol. The van der Waals surface area contributed by atoms with Crippen LogP contribution in [-0.4, -0.2) is 27.9 Å². The molecule has 0 aliphatic rings. The Labute approximate surface area is 169 Å². The number of nitrogens with zero attached hydrogens (tertiary/aromatic N) is 2. The van der Waals surface area contributed by atoms with E-state index < -0.39 is 0 Å². The van der Waals surface area contributed by atoms with Crippen molar-refractivity contribution in [1.29, 1.82) is 0 Å². The van der Waals surface area contributed by atoms with E-state index in [1.807, 2.05) is 18.2 Å². The van der Waals surface area contributed by atoms with Gasteiger partial charge in [-0.3, -0.25) is 19.0 Å². The summed E-state index contributed by atoms with van der Waals surface area (Å²) >= 11 is 3.33. The van der Waals surface area contributed by atoms with Crippen LogP contribution in [0.5, 0.6) is 0 Å². The standard InChI is InChI=1S/C20H19BrN4O3/c1-13-23-17-5-3-2-4-16(17)20(28)25(13)12-19(27)22-11-10-18(26)24-15-8-6-14(21)7-9-15/h2-9H,10-12H2,1H3,(H,22,27)(H,24,26). The van der Waals surface area contributed by atoms with Crippen molar-refractivity contribution in [2.45, 2.75) is 19.9 Å². The maximum Gasteiger partial charge on any atom is 0.261 e. The minimum atomic E-state index is -0.348. The number of benzene rings is 2. The van der Waals surface area contributed by atoms with Gasteiger partial charge in [-0.15, -0.1) is 0 Å². The summed E-state index contributed by atoms with van der Waals surface area (Å²) in [4.78, 5) is 41.1. The molecule has 0 spiro atoms. The molecule has 0 unspecified atom stereocenters. The minimum absolute atomic E-state index is 0.131. The number of nitrogens with one attached hydrogen (secondary N) is 2. The molecular weight excluding hydrogens is 424 g/mol. The van der Waals surface area contributed by atoms with Crippen molar-refractivity contribution in [2.24, 2.45) is 0 Å². The molecule has 2 N–H and O–H groups in total. The zero-order chi connectivity index (χ0) is 20.1. The van der Waals surface area contributed by atoms with E-state index in [4.69, 9.17) is 0 Å². The fourth-order valence-electron chi connectivity index (χ4n) is 2.74. The van der Waals surface area contributed by atoms with Gasteiger partial charge in [0.05, 0.1) is 10.9 Å². The normalized spacial score (nSPS) is 10.6. The van der Waals surface area contributed by atoms with E-state index in [9.17, 15) is 14.4 Å². The molecule has 3 rings (SSSR count). The Hall–Kier alpha value is -3.00. The number of anilines is 1. The number of carbonyl (C=O) groups is 2. The molecule has 0 aliphatic heterocycles. The second-order valence-electron chi connectivity index (χ2n) is 6.22. The van der Waals surface area contributed by atoms with Crippen LogP contribution < -0.4 is 16.2 Å². The zero-order valence-corrected chi connectivity index (χ0v) is 16.8. The molecule has 7 nitrogen and oxygen atoms in total. The Balaban J connectivity index is 1.55. The molecule has 0 aliphatic carbocycles. The van der Waals surface area contributed by atoms with E-state index in [0.29, 0.717) is 22.4 Å². The molecule has 28 heavy (non-hydrogen) atoms. The largest absolute Gasteiger partial charge is 0.354 e. The second-order valence-corrected chi connectivity index (χ2v) is 7.14. The van der Waals surface area contributed by atoms with Crippen LogP contribution in [0.1, 0.15) is 12.2 Å². The van der Waals surface area contributed by atoms with E-state index in [1.165, 1.54) is 4.57 Å². The summed E-state index contributed by atoms with van der Waals surface area (Å²) in [6, 6.07) is 14.2. The number of aryl methyl sites for hydroxylation is 1. The fourth-order valence-corrected chi connectivity index (χ4v) is 3.00. The molecule has 1 heterocycles. The summed E-state index contributed by atoms with van der Waals surface area (Å²) in [5.41, 5.74) is 1.03. The zero-order valence-electron chi connectivity index (χ0n) is 15.2. The summed E-state index contributed by atoms with van der Waals surface area (Å²) in [6.07, 6.45) is 0.131. The Morgan fingerprint density at radius 2 is 1.79 bits per heavy atom. The lowest BCUT2D eigenvalue weighted by Gasteiger charge is -2.11. The van der Waals surface area contributed by atoms with Crippen LogP contribution in [-0.2, 0) is 16.1 Å². The van der Waals surface area contributed by atoms with E-state index in [-0.39, 0.29) is 36.9 Å². The SMILES string of the molecule is Cc1nc2ccccc2c(=O)n1CC(=O)NCCC(=O)Nc1ccc(Br)cc1. The van der Waals surface area contributed by atoms with Gasteiger partial charge in [-0.05, 0) is 43.3 Å². The number of amides is 2. The average molecular weight is 443 g/mol. The maximum absolute atomic E-state index is 12.6. The first-order chi connectivity index (χ1) is 13.4. The quantitative estimate of drug-likeness (QED) is 0.613. The van der Waals surface area contributed by atoms with Gasteiger partial charge >= 0.3 is 0 Å². The highest BCUT2D eigenvalue weighted by Gasteiger charge is 2.11. The molecular formula is C20H19BrN4O3. The van der Waals surface area contributed by atoms with Crippen molar-refractivity contribution in [1.82, 2.24) is 14.9 Å². The van der Waals surface area contributed by atoms with Crippen molar-refractivity contribution in [3.63, 3.8) is 0 Å². The number of hydrogen-bond acceptors (Lipinski definition) is 4. The first kappa shape index (κ1) is 19.8. The van der Waals surface area contributed by atoms with E-state index in [0.717, 1.165) is 4.47 Å². The molecule has 2 aromatic carbocycles. The third-order valence-corrected chi connectivity index (χ3v) is 4.69. The van der Waals surface area contributed by atoms with Crippen LogP contribution in [0.15, 0.2) is 57.8 Å². The summed E-state index contributed by atoms with van der Waals surface area (Å²) in [5.74, 6) is -0.0890. The summed E-state index contributed by atoms with van der Waals surface area (Å²) < 4.78 is 2.26. The molecule has 3 aromatic rings. The van der Waals surface area contributed by atoms with Gasteiger partial charge in [-0.1, -0.05) is 28.1 Å². The molecule has 2 amide bonds. The summed E-state index contributed by atoms with van der Waals surface area (Å²) in [7, 11) is 0. The van der Waals surface area contributed by atoms with Crippen LogP contribution in [0.2, 0.25) is 0 Å². The lowest BCUT2D eigenvalue weighted by Crippen LogP contribution is -2.35. The second kappa shape index (κ2) is 8.79. The Morgan fingerprint density at radius 3 is 2.54 bits per heavy atom. The summed E-state index contributed by atoms with van der Waals surface area (Å²) in [6.45, 7) is 1.72. The van der Waals surface area contributed by atoms with Gasteiger partial charge in [0, 0.05) is 23.1 Å². The van der Waals surface area contributed by atoms with E-state index >= 15 is 0 Å². The minimum Gasteiger partial charge on any atom is -0.354 e. The lowest BCUT2D eigenvalue weighted by molar-refractivity contribution is -0.121. The smallest absolute Gasteiger partial charge is 0.261 e. The van der Waals surface area contributed by atoms with Crippen LogP contribution in [0.4, 0.5) is 5.69 Å². The van der Waals surface area contributed by atoms with Crippen molar-refractivity contribution < 1.29 is 9.59 Å². The van der Waals surface area contributed by atoms with E-state index in [2.05, 4.69) is 31.5 Å². The number of fused-ring (bicyclic) bond motifs is 1. The highest BCUT2D eigenvalue weighted by Crippen LogP contribution is 2.14. The Morgan fingerprint density at radius 1 is 1.07 bits per heavy atom. The van der Waals surface area contributed by atoms with Gasteiger partial charge in [-0.25, -0.2) is 4.98 Å². The van der Waals surface area contributed by atoms with Crippen molar-refractivity contribution in [2.75, 3.05) is 11.9 Å². The lowest BCUT2D eigenvalue weighted by atomic mass is 10.2. The van der Waals surface area contributed by atoms with Crippen molar-refractivity contribution in [3.8, 4) is 0 Å². The van der Waals surface area contributed by atoms with Gasteiger partial charge in [-0.2, -0.15) is 0 Å². The Kier molecular flexibility index (Phi) is 6.20. The van der Waals surface area contributed by atoms with Gasteiger partial charge in [0.15, 0.2) is 0 Å². The number of para-hydroxylation sites is 1. The molecule has 0 saturated heterocycles. The van der Waals surface area contributed by atoms with Gasteiger partial charge in [0.25, 0.3) is 5.56 Å².